The van der Waals surface area contributed by atoms with Gasteiger partial charge in [0.2, 0.25) is 11.8 Å². The van der Waals surface area contributed by atoms with Gasteiger partial charge in [0.15, 0.2) is 28.5 Å². The van der Waals surface area contributed by atoms with Crippen LogP contribution in [0.25, 0.3) is 0 Å². The summed E-state index contributed by atoms with van der Waals surface area (Å²) < 4.78 is 54.6. The van der Waals surface area contributed by atoms with Gasteiger partial charge in [-0.15, -0.1) is 0 Å². The number of hydrogen-bond acceptors (Lipinski definition) is 12. The number of carbonyl (C=O) groups excluding carboxylic acids is 2. The number of hydrogen-bond donors (Lipinski definition) is 4. The Hall–Kier alpha value is -2.66. The molecule has 0 radical (unpaired) electrons. The number of nitrogens with zero attached hydrogens (tertiary/aromatic N) is 2. The Balaban J connectivity index is 2.04. The number of aryl methyl sites for hydroxylation is 1. The van der Waals surface area contributed by atoms with Crippen molar-refractivity contribution in [1.82, 2.24) is 19.8 Å². The number of aromatic nitrogens is 2. The molecule has 0 saturated carbocycles. The lowest BCUT2D eigenvalue weighted by molar-refractivity contribution is -0.129. The second-order valence-electron chi connectivity index (χ2n) is 17.9. The van der Waals surface area contributed by atoms with Crippen LogP contribution in [0.4, 0.5) is 0 Å². The van der Waals surface area contributed by atoms with Crippen LogP contribution in [0.2, 0.25) is 36.3 Å². The van der Waals surface area contributed by atoms with E-state index in [0.29, 0.717) is 0 Å². The summed E-state index contributed by atoms with van der Waals surface area (Å²) in [5.41, 5.74) is 9.39. The van der Waals surface area contributed by atoms with Gasteiger partial charge in [0.05, 0.1) is 23.8 Å². The molecule has 6 N–H and O–H groups in total. The van der Waals surface area contributed by atoms with E-state index in [9.17, 15) is 27.6 Å². The zero-order valence-corrected chi connectivity index (χ0v) is 37.3. The Bertz CT molecular complexity index is 1830. The standard InChI is InChI=1S/C35H64N6O10SSi2/c1-21(2)26(37)29(43)39-23(4)28(42)38-16-15-17-40-30(44)22(3)18-41(32(40)45)31-27(50-54(13,14)34(8,9)10)35(24(36)20-52(46,47)51-35)25(49-31)19-48-53(11,12)33(5,6)7/h18,20-21,23,25-27,31H,15-17,19,36-37H2,1-14H3,(H,38,42)(H,39,43)/t23-,25?,26-,27?,31?,35?/m0/s1. The van der Waals surface area contributed by atoms with E-state index >= 15 is 0 Å². The number of ether oxygens (including phenoxy) is 1. The normalized spacial score (nSPS) is 24.4. The van der Waals surface area contributed by atoms with Crippen LogP contribution in [-0.4, -0.2) is 89.0 Å². The molecule has 2 amide bonds. The first kappa shape index (κ1) is 45.7. The van der Waals surface area contributed by atoms with E-state index in [0.717, 1.165) is 9.98 Å². The van der Waals surface area contributed by atoms with Gasteiger partial charge in [-0.3, -0.25) is 23.5 Å². The number of nitrogens with two attached hydrogens (primary N) is 2. The average Bonchev–Trinajstić information content (AvgIpc) is 3.45. The predicted octanol–water partition coefficient (Wildman–Crippen LogP) is 2.52. The number of carbonyl (C=O) groups is 2. The van der Waals surface area contributed by atoms with Crippen molar-refractivity contribution in [3.8, 4) is 0 Å². The summed E-state index contributed by atoms with van der Waals surface area (Å²) in [4.78, 5) is 52.8. The molecule has 308 valence electrons. The molecule has 4 unspecified atom stereocenters. The molecule has 0 aliphatic carbocycles. The van der Waals surface area contributed by atoms with Gasteiger partial charge in [-0.1, -0.05) is 55.4 Å². The number of rotatable bonds is 14. The highest BCUT2D eigenvalue weighted by Gasteiger charge is 2.67. The largest absolute Gasteiger partial charge is 0.414 e. The molecule has 54 heavy (non-hydrogen) atoms. The Kier molecular flexibility index (Phi) is 13.6. The molecule has 1 aromatic heterocycles. The predicted molar refractivity (Wildman–Crippen MR) is 212 cm³/mol. The molecule has 2 aliphatic rings. The van der Waals surface area contributed by atoms with E-state index in [1.807, 2.05) is 47.0 Å². The van der Waals surface area contributed by atoms with Crippen molar-refractivity contribution in [3.63, 3.8) is 0 Å². The summed E-state index contributed by atoms with van der Waals surface area (Å²) in [6.45, 7) is 26.9. The highest BCUT2D eigenvalue weighted by Crippen LogP contribution is 2.52. The topological polar surface area (TPSA) is 225 Å². The fourth-order valence-corrected chi connectivity index (χ4v) is 9.14. The molecule has 6 atom stereocenters. The van der Waals surface area contributed by atoms with Crippen molar-refractivity contribution in [2.24, 2.45) is 17.4 Å². The van der Waals surface area contributed by atoms with E-state index in [1.165, 1.54) is 17.7 Å². The third kappa shape index (κ3) is 9.47. The van der Waals surface area contributed by atoms with Crippen LogP contribution in [0.1, 0.15) is 80.5 Å². The first-order valence-electron chi connectivity index (χ1n) is 18.5. The second-order valence-corrected chi connectivity index (χ2v) is 28.9. The first-order chi connectivity index (χ1) is 24.4. The van der Waals surface area contributed by atoms with Gasteiger partial charge < -0.3 is 35.7 Å². The lowest BCUT2D eigenvalue weighted by Gasteiger charge is -2.43. The Morgan fingerprint density at radius 2 is 1.59 bits per heavy atom. The number of nitrogens with one attached hydrogen (secondary N) is 2. The molecule has 16 nitrogen and oxygen atoms in total. The van der Waals surface area contributed by atoms with Crippen molar-refractivity contribution in [2.45, 2.75) is 155 Å². The smallest absolute Gasteiger partial charge is 0.333 e. The van der Waals surface area contributed by atoms with E-state index in [2.05, 4.69) is 31.4 Å². The minimum atomic E-state index is -4.29. The average molecular weight is 817 g/mol. The highest BCUT2D eigenvalue weighted by molar-refractivity contribution is 7.90. The van der Waals surface area contributed by atoms with Crippen LogP contribution in [0.3, 0.4) is 0 Å². The minimum Gasteiger partial charge on any atom is -0.414 e. The van der Waals surface area contributed by atoms with Gasteiger partial charge in [-0.25, -0.2) is 8.98 Å². The van der Waals surface area contributed by atoms with Crippen LogP contribution < -0.4 is 33.3 Å². The van der Waals surface area contributed by atoms with E-state index in [1.54, 1.807) is 20.8 Å². The summed E-state index contributed by atoms with van der Waals surface area (Å²) in [6.07, 6.45) is -2.10. The highest BCUT2D eigenvalue weighted by atomic mass is 32.2. The molecular weight excluding hydrogens is 753 g/mol. The Morgan fingerprint density at radius 1 is 1.02 bits per heavy atom. The minimum absolute atomic E-state index is 0.0744. The summed E-state index contributed by atoms with van der Waals surface area (Å²) >= 11 is 0. The van der Waals surface area contributed by atoms with E-state index in [4.69, 9.17) is 29.2 Å². The Labute approximate surface area is 322 Å². The fourth-order valence-electron chi connectivity index (χ4n) is 5.63. The van der Waals surface area contributed by atoms with Crippen LogP contribution in [-0.2, 0) is 44.0 Å². The van der Waals surface area contributed by atoms with Crippen molar-refractivity contribution >= 4 is 38.6 Å². The van der Waals surface area contributed by atoms with E-state index < -0.39 is 85.9 Å². The molecule has 3 heterocycles. The molecule has 1 spiro atoms. The van der Waals surface area contributed by atoms with Crippen molar-refractivity contribution in [2.75, 3.05) is 13.2 Å². The molecule has 0 aromatic carbocycles. The number of amides is 2. The van der Waals surface area contributed by atoms with Gasteiger partial charge in [0, 0.05) is 24.8 Å². The lowest BCUT2D eigenvalue weighted by Crippen LogP contribution is -2.59. The molecule has 1 saturated heterocycles. The molecule has 3 rings (SSSR count). The first-order valence-corrected chi connectivity index (χ1v) is 25.8. The summed E-state index contributed by atoms with van der Waals surface area (Å²) in [7, 11) is -9.51. The molecule has 1 aromatic rings. The van der Waals surface area contributed by atoms with Crippen LogP contribution in [0.5, 0.6) is 0 Å². The Morgan fingerprint density at radius 3 is 2.09 bits per heavy atom. The van der Waals surface area contributed by atoms with Crippen molar-refractivity contribution in [1.29, 1.82) is 0 Å². The zero-order valence-electron chi connectivity index (χ0n) is 34.5. The maximum absolute atomic E-state index is 14.3. The van der Waals surface area contributed by atoms with Gasteiger partial charge in [0.1, 0.15) is 18.2 Å². The van der Waals surface area contributed by atoms with Crippen molar-refractivity contribution < 1.29 is 35.8 Å². The molecule has 2 aliphatic heterocycles. The molecule has 0 bridgehead atoms. The third-order valence-electron chi connectivity index (χ3n) is 11.3. The summed E-state index contributed by atoms with van der Waals surface area (Å²) in [6, 6.07) is -1.62. The van der Waals surface area contributed by atoms with Gasteiger partial charge in [0.25, 0.3) is 15.7 Å². The zero-order chi connectivity index (χ0) is 41.6. The monoisotopic (exact) mass is 816 g/mol. The van der Waals surface area contributed by atoms with Gasteiger partial charge in [-0.05, 0) is 62.5 Å². The van der Waals surface area contributed by atoms with Crippen LogP contribution in [0, 0.1) is 12.8 Å². The summed E-state index contributed by atoms with van der Waals surface area (Å²) in [5.74, 6) is -1.01. The maximum atomic E-state index is 14.3. The van der Waals surface area contributed by atoms with Crippen LogP contribution in [0.15, 0.2) is 26.9 Å². The van der Waals surface area contributed by atoms with Gasteiger partial charge in [-0.2, -0.15) is 8.42 Å². The third-order valence-corrected chi connectivity index (χ3v) is 21.3. The molecular formula is C35H64N6O10SSi2. The SMILES string of the molecule is Cc1cn(C2OC(CO[Si](C)(C)C(C)(C)C)C3(OS(=O)(=O)C=C3N)C2O[Si](C)(C)C(C)(C)C)c(=O)n(CCCNC(=O)[C@H](C)NC(=O)[C@@H](N)C(C)C)c1=O. The fraction of sp³-hybridized carbons (Fsp3) is 0.771. The lowest BCUT2D eigenvalue weighted by atomic mass is 9.89. The molecule has 1 fully saturated rings. The van der Waals surface area contributed by atoms with Crippen molar-refractivity contribution in [3.05, 3.63) is 43.7 Å². The van der Waals surface area contributed by atoms with Crippen LogP contribution >= 0.6 is 0 Å². The molecule has 19 heteroatoms. The second kappa shape index (κ2) is 16.1. The quantitative estimate of drug-likeness (QED) is 0.121. The van der Waals surface area contributed by atoms with E-state index in [-0.39, 0.29) is 53.4 Å². The maximum Gasteiger partial charge on any atom is 0.333 e. The van der Waals surface area contributed by atoms with Gasteiger partial charge >= 0.3 is 5.69 Å². The summed E-state index contributed by atoms with van der Waals surface area (Å²) in [5, 5.41) is 5.61.